The van der Waals surface area contributed by atoms with Crippen molar-refractivity contribution in [2.75, 3.05) is 20.1 Å². The first-order chi connectivity index (χ1) is 8.24. The molecule has 0 aliphatic heterocycles. The van der Waals surface area contributed by atoms with E-state index >= 15 is 0 Å². The summed E-state index contributed by atoms with van der Waals surface area (Å²) in [6.07, 6.45) is 12.6. The average molecular weight is 238 g/mol. The fraction of sp³-hybridized carbons (Fsp3) is 1.00. The summed E-state index contributed by atoms with van der Waals surface area (Å²) in [5, 5.41) is 0. The van der Waals surface area contributed by atoms with Crippen LogP contribution in [-0.2, 0) is 0 Å². The van der Waals surface area contributed by atoms with Gasteiger partial charge in [-0.05, 0) is 51.0 Å². The lowest BCUT2D eigenvalue weighted by atomic mass is 9.85. The molecule has 2 aliphatic rings. The van der Waals surface area contributed by atoms with Crippen molar-refractivity contribution < 1.29 is 0 Å². The molecule has 17 heavy (non-hydrogen) atoms. The maximum absolute atomic E-state index is 6.07. The molecule has 2 nitrogen and oxygen atoms in total. The lowest BCUT2D eigenvalue weighted by Crippen LogP contribution is -2.36. The van der Waals surface area contributed by atoms with Crippen molar-refractivity contribution in [1.29, 1.82) is 0 Å². The molecule has 0 aromatic rings. The Balaban J connectivity index is 1.66. The van der Waals surface area contributed by atoms with E-state index in [1.165, 1.54) is 70.9 Å². The van der Waals surface area contributed by atoms with Crippen molar-refractivity contribution in [3.8, 4) is 0 Å². The molecule has 2 rings (SSSR count). The SMILES string of the molecule is CN(CC1CCCCC1)CC1CCCC(N)C1. The van der Waals surface area contributed by atoms with Crippen LogP contribution in [0.5, 0.6) is 0 Å². The third kappa shape index (κ3) is 4.59. The van der Waals surface area contributed by atoms with Crippen LogP contribution in [0.2, 0.25) is 0 Å². The molecule has 100 valence electrons. The first kappa shape index (κ1) is 13.4. The molecular formula is C15H30N2. The van der Waals surface area contributed by atoms with Gasteiger partial charge in [-0.25, -0.2) is 0 Å². The van der Waals surface area contributed by atoms with Gasteiger partial charge in [0.1, 0.15) is 0 Å². The molecule has 0 bridgehead atoms. The van der Waals surface area contributed by atoms with Crippen molar-refractivity contribution >= 4 is 0 Å². The van der Waals surface area contributed by atoms with Gasteiger partial charge in [0.2, 0.25) is 0 Å². The summed E-state index contributed by atoms with van der Waals surface area (Å²) in [5.41, 5.74) is 6.07. The highest BCUT2D eigenvalue weighted by atomic mass is 15.1. The number of nitrogens with zero attached hydrogens (tertiary/aromatic N) is 1. The molecule has 2 saturated carbocycles. The molecule has 0 radical (unpaired) electrons. The normalized spacial score (nSPS) is 31.9. The Labute approximate surface area is 107 Å². The van der Waals surface area contributed by atoms with Gasteiger partial charge in [0.25, 0.3) is 0 Å². The maximum Gasteiger partial charge on any atom is 0.00419 e. The highest BCUT2D eigenvalue weighted by Crippen LogP contribution is 2.26. The molecule has 0 spiro atoms. The molecular weight excluding hydrogens is 208 g/mol. The Morgan fingerprint density at radius 3 is 2.24 bits per heavy atom. The summed E-state index contributed by atoms with van der Waals surface area (Å²) in [4.78, 5) is 2.58. The first-order valence-corrected chi connectivity index (χ1v) is 7.68. The van der Waals surface area contributed by atoms with Crippen molar-refractivity contribution in [3.63, 3.8) is 0 Å². The van der Waals surface area contributed by atoms with E-state index in [-0.39, 0.29) is 0 Å². The smallest absolute Gasteiger partial charge is 0.00419 e. The van der Waals surface area contributed by atoms with Crippen molar-refractivity contribution in [2.24, 2.45) is 17.6 Å². The summed E-state index contributed by atoms with van der Waals surface area (Å²) in [6, 6.07) is 0.483. The van der Waals surface area contributed by atoms with E-state index in [1.54, 1.807) is 0 Å². The molecule has 0 amide bonds. The summed E-state index contributed by atoms with van der Waals surface area (Å²) in [6.45, 7) is 2.61. The average Bonchev–Trinajstić information content (AvgIpc) is 2.30. The second-order valence-electron chi connectivity index (χ2n) is 6.52. The maximum atomic E-state index is 6.07. The van der Waals surface area contributed by atoms with Gasteiger partial charge in [0.15, 0.2) is 0 Å². The van der Waals surface area contributed by atoms with Gasteiger partial charge in [-0.3, -0.25) is 0 Å². The fourth-order valence-electron chi connectivity index (χ4n) is 3.82. The summed E-state index contributed by atoms with van der Waals surface area (Å²) in [5.74, 6) is 1.85. The minimum Gasteiger partial charge on any atom is -0.328 e. The van der Waals surface area contributed by atoms with Gasteiger partial charge < -0.3 is 10.6 Å². The topological polar surface area (TPSA) is 29.3 Å². The second kappa shape index (κ2) is 6.75. The van der Waals surface area contributed by atoms with Crippen LogP contribution in [0.25, 0.3) is 0 Å². The molecule has 2 heteroatoms. The summed E-state index contributed by atoms with van der Waals surface area (Å²) in [7, 11) is 2.31. The van der Waals surface area contributed by atoms with E-state index in [4.69, 9.17) is 5.73 Å². The van der Waals surface area contributed by atoms with E-state index in [0.29, 0.717) is 6.04 Å². The van der Waals surface area contributed by atoms with Crippen molar-refractivity contribution in [2.45, 2.75) is 63.8 Å². The van der Waals surface area contributed by atoms with E-state index in [2.05, 4.69) is 11.9 Å². The molecule has 2 atom stereocenters. The number of hydrogen-bond donors (Lipinski definition) is 1. The number of nitrogens with two attached hydrogens (primary N) is 1. The number of hydrogen-bond acceptors (Lipinski definition) is 2. The molecule has 2 fully saturated rings. The third-order valence-corrected chi connectivity index (χ3v) is 4.69. The van der Waals surface area contributed by atoms with Gasteiger partial charge in [-0.1, -0.05) is 25.7 Å². The van der Waals surface area contributed by atoms with E-state index in [0.717, 1.165) is 11.8 Å². The fourth-order valence-corrected chi connectivity index (χ4v) is 3.82. The predicted molar refractivity (Wildman–Crippen MR) is 74.0 cm³/mol. The Morgan fingerprint density at radius 2 is 1.53 bits per heavy atom. The molecule has 0 aromatic heterocycles. The lowest BCUT2D eigenvalue weighted by Gasteiger charge is -2.32. The zero-order chi connectivity index (χ0) is 12.1. The molecule has 0 saturated heterocycles. The van der Waals surface area contributed by atoms with Crippen LogP contribution in [-0.4, -0.2) is 31.1 Å². The summed E-state index contributed by atoms with van der Waals surface area (Å²) >= 11 is 0. The molecule has 2 unspecified atom stereocenters. The minimum absolute atomic E-state index is 0.483. The predicted octanol–water partition coefficient (Wildman–Crippen LogP) is 3.02. The lowest BCUT2D eigenvalue weighted by molar-refractivity contribution is 0.182. The van der Waals surface area contributed by atoms with E-state index < -0.39 is 0 Å². The second-order valence-corrected chi connectivity index (χ2v) is 6.52. The van der Waals surface area contributed by atoms with E-state index in [1.807, 2.05) is 0 Å². The van der Waals surface area contributed by atoms with Crippen LogP contribution in [0.3, 0.4) is 0 Å². The van der Waals surface area contributed by atoms with Gasteiger partial charge in [0.05, 0.1) is 0 Å². The van der Waals surface area contributed by atoms with E-state index in [9.17, 15) is 0 Å². The summed E-state index contributed by atoms with van der Waals surface area (Å²) < 4.78 is 0. The quantitative estimate of drug-likeness (QED) is 0.816. The van der Waals surface area contributed by atoms with Gasteiger partial charge in [-0.2, -0.15) is 0 Å². The van der Waals surface area contributed by atoms with Gasteiger partial charge in [0, 0.05) is 19.1 Å². The van der Waals surface area contributed by atoms with Gasteiger partial charge in [-0.15, -0.1) is 0 Å². The third-order valence-electron chi connectivity index (χ3n) is 4.69. The zero-order valence-electron chi connectivity index (χ0n) is 11.5. The molecule has 2 aliphatic carbocycles. The van der Waals surface area contributed by atoms with Crippen LogP contribution >= 0.6 is 0 Å². The van der Waals surface area contributed by atoms with Crippen LogP contribution in [0.4, 0.5) is 0 Å². The highest BCUT2D eigenvalue weighted by Gasteiger charge is 2.22. The molecule has 0 aromatic carbocycles. The largest absolute Gasteiger partial charge is 0.328 e. The Kier molecular flexibility index (Phi) is 5.30. The standard InChI is InChI=1S/C15H30N2/c1-17(11-13-6-3-2-4-7-13)12-14-8-5-9-15(16)10-14/h13-15H,2-12,16H2,1H3. The van der Waals surface area contributed by atoms with Gasteiger partial charge >= 0.3 is 0 Å². The zero-order valence-corrected chi connectivity index (χ0v) is 11.5. The van der Waals surface area contributed by atoms with Crippen molar-refractivity contribution in [3.05, 3.63) is 0 Å². The monoisotopic (exact) mass is 238 g/mol. The number of rotatable bonds is 4. The molecule has 2 N–H and O–H groups in total. The van der Waals surface area contributed by atoms with Crippen LogP contribution in [0, 0.1) is 11.8 Å². The van der Waals surface area contributed by atoms with Crippen LogP contribution < -0.4 is 5.73 Å². The Morgan fingerprint density at radius 1 is 0.882 bits per heavy atom. The van der Waals surface area contributed by atoms with Crippen molar-refractivity contribution in [1.82, 2.24) is 4.90 Å². The van der Waals surface area contributed by atoms with Crippen LogP contribution in [0.15, 0.2) is 0 Å². The minimum atomic E-state index is 0.483. The highest BCUT2D eigenvalue weighted by molar-refractivity contribution is 4.78. The molecule has 0 heterocycles. The first-order valence-electron chi connectivity index (χ1n) is 7.68. The Bertz CT molecular complexity index is 211. The van der Waals surface area contributed by atoms with Crippen LogP contribution in [0.1, 0.15) is 57.8 Å². The Hall–Kier alpha value is -0.0800.